The number of imidazole rings is 1. The van der Waals surface area contributed by atoms with Crippen LogP contribution in [0.15, 0.2) is 24.4 Å². The third kappa shape index (κ3) is 2.65. The average Bonchev–Trinajstić information content (AvgIpc) is 2.90. The number of hydrogen-bond donors (Lipinski definition) is 1. The van der Waals surface area contributed by atoms with Gasteiger partial charge in [-0.3, -0.25) is 4.40 Å². The van der Waals surface area contributed by atoms with Gasteiger partial charge in [0, 0.05) is 18.2 Å². The van der Waals surface area contributed by atoms with Gasteiger partial charge < -0.3 is 10.0 Å². The molecule has 0 spiro atoms. The molecule has 0 atom stereocenters. The van der Waals surface area contributed by atoms with Crippen molar-refractivity contribution in [1.29, 1.82) is 0 Å². The number of rotatable bonds is 3. The van der Waals surface area contributed by atoms with Gasteiger partial charge in [0.1, 0.15) is 11.3 Å². The van der Waals surface area contributed by atoms with Crippen molar-refractivity contribution in [3.8, 4) is 0 Å². The van der Waals surface area contributed by atoms with E-state index in [0.717, 1.165) is 37.3 Å². The van der Waals surface area contributed by atoms with Gasteiger partial charge in [0.15, 0.2) is 0 Å². The summed E-state index contributed by atoms with van der Waals surface area (Å²) in [5, 5.41) is 9.24. The Morgan fingerprint density at radius 2 is 2.05 bits per heavy atom. The van der Waals surface area contributed by atoms with E-state index in [1.807, 2.05) is 12.3 Å². The summed E-state index contributed by atoms with van der Waals surface area (Å²) in [5.74, 6) is -0.485. The Balaban J connectivity index is 1.86. The maximum atomic E-state index is 11.3. The van der Waals surface area contributed by atoms with E-state index < -0.39 is 5.97 Å². The van der Waals surface area contributed by atoms with Crippen molar-refractivity contribution in [2.24, 2.45) is 0 Å². The number of likely N-dealkylation sites (tertiary alicyclic amines) is 1. The Hall–Kier alpha value is -1.88. The number of aromatic carboxylic acids is 1. The van der Waals surface area contributed by atoms with Crippen molar-refractivity contribution in [3.05, 3.63) is 35.8 Å². The summed E-state index contributed by atoms with van der Waals surface area (Å²) in [6.45, 7) is 6.62. The lowest BCUT2D eigenvalue weighted by Crippen LogP contribution is -2.37. The van der Waals surface area contributed by atoms with Crippen LogP contribution in [0.1, 0.15) is 48.8 Å². The van der Waals surface area contributed by atoms with Gasteiger partial charge in [0.25, 0.3) is 0 Å². The minimum absolute atomic E-state index is 0.269. The fraction of sp³-hybridized carbons (Fsp3) is 0.500. The van der Waals surface area contributed by atoms with E-state index in [1.54, 1.807) is 16.5 Å². The number of nitrogens with zero attached hydrogens (tertiary/aromatic N) is 3. The van der Waals surface area contributed by atoms with Crippen LogP contribution in [0.4, 0.5) is 0 Å². The molecule has 0 bridgehead atoms. The minimum Gasteiger partial charge on any atom is -0.477 e. The summed E-state index contributed by atoms with van der Waals surface area (Å²) < 4.78 is 1.69. The zero-order valence-electron chi connectivity index (χ0n) is 12.5. The van der Waals surface area contributed by atoms with Gasteiger partial charge in [-0.25, -0.2) is 9.78 Å². The number of fused-ring (bicyclic) bond motifs is 1. The molecule has 0 radical (unpaired) electrons. The molecule has 3 heterocycles. The molecule has 2 aromatic rings. The molecule has 112 valence electrons. The standard InChI is InChI=1S/C16H21N3O2/c1-11(2)18-8-6-12(7-9-18)13-10-19-14(16(20)21)4-3-5-15(19)17-13/h3-5,10-12H,6-9H2,1-2H3,(H,20,21). The number of carbonyl (C=O) groups is 1. The van der Waals surface area contributed by atoms with Crippen LogP contribution >= 0.6 is 0 Å². The molecule has 2 aromatic heterocycles. The molecule has 0 aliphatic carbocycles. The summed E-state index contributed by atoms with van der Waals surface area (Å²) in [6, 6.07) is 5.81. The first-order chi connectivity index (χ1) is 10.1. The van der Waals surface area contributed by atoms with Crippen molar-refractivity contribution in [3.63, 3.8) is 0 Å². The third-order valence-corrected chi connectivity index (χ3v) is 4.41. The average molecular weight is 287 g/mol. The van der Waals surface area contributed by atoms with Crippen LogP contribution in [-0.4, -0.2) is 44.5 Å². The second-order valence-corrected chi connectivity index (χ2v) is 6.01. The van der Waals surface area contributed by atoms with E-state index >= 15 is 0 Å². The Kier molecular flexibility index (Phi) is 3.68. The van der Waals surface area contributed by atoms with Crippen LogP contribution in [0, 0.1) is 0 Å². The highest BCUT2D eigenvalue weighted by molar-refractivity contribution is 5.86. The lowest BCUT2D eigenvalue weighted by atomic mass is 9.93. The highest BCUT2D eigenvalue weighted by atomic mass is 16.4. The molecule has 0 unspecified atom stereocenters. The maximum absolute atomic E-state index is 11.3. The van der Waals surface area contributed by atoms with E-state index in [0.29, 0.717) is 12.0 Å². The fourth-order valence-corrected chi connectivity index (χ4v) is 3.11. The molecule has 0 aromatic carbocycles. The summed E-state index contributed by atoms with van der Waals surface area (Å²) in [6.07, 6.45) is 4.07. The number of piperidine rings is 1. The van der Waals surface area contributed by atoms with Gasteiger partial charge in [-0.05, 0) is 51.9 Å². The smallest absolute Gasteiger partial charge is 0.352 e. The van der Waals surface area contributed by atoms with Crippen molar-refractivity contribution < 1.29 is 9.90 Å². The molecule has 0 amide bonds. The maximum Gasteiger partial charge on any atom is 0.352 e. The Morgan fingerprint density at radius 3 is 2.67 bits per heavy atom. The van der Waals surface area contributed by atoms with Crippen molar-refractivity contribution in [1.82, 2.24) is 14.3 Å². The second kappa shape index (κ2) is 5.48. The second-order valence-electron chi connectivity index (χ2n) is 6.01. The molecule has 1 fully saturated rings. The lowest BCUT2D eigenvalue weighted by Gasteiger charge is -2.33. The first-order valence-electron chi connectivity index (χ1n) is 7.51. The summed E-state index contributed by atoms with van der Waals surface area (Å²) in [5.41, 5.74) is 2.01. The SMILES string of the molecule is CC(C)N1CCC(c2cn3c(C(=O)O)cccc3n2)CC1. The molecular weight excluding hydrogens is 266 g/mol. The van der Waals surface area contributed by atoms with Gasteiger partial charge in [-0.15, -0.1) is 0 Å². The van der Waals surface area contributed by atoms with E-state index in [4.69, 9.17) is 0 Å². The first-order valence-corrected chi connectivity index (χ1v) is 7.51. The number of aromatic nitrogens is 2. The Morgan fingerprint density at radius 1 is 1.33 bits per heavy atom. The van der Waals surface area contributed by atoms with Crippen molar-refractivity contribution in [2.45, 2.75) is 38.6 Å². The monoisotopic (exact) mass is 287 g/mol. The zero-order chi connectivity index (χ0) is 15.0. The number of pyridine rings is 1. The summed E-state index contributed by atoms with van der Waals surface area (Å²) >= 11 is 0. The van der Waals surface area contributed by atoms with Gasteiger partial charge in [0.05, 0.1) is 5.69 Å². The van der Waals surface area contributed by atoms with E-state index in [2.05, 4.69) is 23.7 Å². The molecule has 1 aliphatic heterocycles. The van der Waals surface area contributed by atoms with E-state index in [-0.39, 0.29) is 5.69 Å². The van der Waals surface area contributed by atoms with Gasteiger partial charge >= 0.3 is 5.97 Å². The summed E-state index contributed by atoms with van der Waals surface area (Å²) in [4.78, 5) is 18.4. The lowest BCUT2D eigenvalue weighted by molar-refractivity contribution is 0.0689. The molecule has 1 saturated heterocycles. The van der Waals surface area contributed by atoms with E-state index in [9.17, 15) is 9.90 Å². The van der Waals surface area contributed by atoms with E-state index in [1.165, 1.54) is 0 Å². The Labute approximate surface area is 124 Å². The van der Waals surface area contributed by atoms with Crippen LogP contribution in [0.5, 0.6) is 0 Å². The molecule has 5 nitrogen and oxygen atoms in total. The van der Waals surface area contributed by atoms with Crippen molar-refractivity contribution in [2.75, 3.05) is 13.1 Å². The Bertz CT molecular complexity index is 655. The van der Waals surface area contributed by atoms with Crippen molar-refractivity contribution >= 4 is 11.6 Å². The molecule has 0 saturated carbocycles. The fourth-order valence-electron chi connectivity index (χ4n) is 3.11. The van der Waals surface area contributed by atoms with Gasteiger partial charge in [0.2, 0.25) is 0 Å². The topological polar surface area (TPSA) is 57.8 Å². The molecule has 3 rings (SSSR count). The van der Waals surface area contributed by atoms with Crippen LogP contribution in [0.25, 0.3) is 5.65 Å². The quantitative estimate of drug-likeness (QED) is 0.942. The minimum atomic E-state index is -0.917. The molecule has 1 N–H and O–H groups in total. The summed E-state index contributed by atoms with van der Waals surface area (Å²) in [7, 11) is 0. The number of carboxylic acid groups (broad SMARTS) is 1. The van der Waals surface area contributed by atoms with Crippen LogP contribution in [-0.2, 0) is 0 Å². The normalized spacial score (nSPS) is 17.7. The van der Waals surface area contributed by atoms with Crippen LogP contribution in [0.2, 0.25) is 0 Å². The molecule has 1 aliphatic rings. The zero-order valence-corrected chi connectivity index (χ0v) is 12.5. The predicted molar refractivity (Wildman–Crippen MR) is 80.8 cm³/mol. The largest absolute Gasteiger partial charge is 0.477 e. The van der Waals surface area contributed by atoms with Crippen LogP contribution < -0.4 is 0 Å². The third-order valence-electron chi connectivity index (χ3n) is 4.41. The highest BCUT2D eigenvalue weighted by Gasteiger charge is 2.24. The first kappa shape index (κ1) is 14.1. The van der Waals surface area contributed by atoms with Crippen LogP contribution in [0.3, 0.4) is 0 Å². The molecular formula is C16H21N3O2. The predicted octanol–water partition coefficient (Wildman–Crippen LogP) is 2.62. The number of hydrogen-bond acceptors (Lipinski definition) is 3. The number of carboxylic acids is 1. The van der Waals surface area contributed by atoms with Gasteiger partial charge in [-0.1, -0.05) is 6.07 Å². The molecule has 5 heteroatoms. The highest BCUT2D eigenvalue weighted by Crippen LogP contribution is 2.28. The van der Waals surface area contributed by atoms with Gasteiger partial charge in [-0.2, -0.15) is 0 Å². The molecule has 21 heavy (non-hydrogen) atoms.